The molecule has 3 aromatic carbocycles. The maximum atomic E-state index is 14.1. The fourth-order valence-corrected chi connectivity index (χ4v) is 4.67. The summed E-state index contributed by atoms with van der Waals surface area (Å²) in [6.45, 7) is 1.13. The molecule has 1 atom stereocenters. The van der Waals surface area contributed by atoms with Gasteiger partial charge in [0.25, 0.3) is 0 Å². The second-order valence-corrected chi connectivity index (χ2v) is 9.77. The van der Waals surface area contributed by atoms with Crippen LogP contribution in [-0.4, -0.2) is 34.0 Å². The molecule has 0 saturated heterocycles. The molecule has 1 aliphatic rings. The standard InChI is InChI=1S/C28H26ClF2NO4/c1-28(14-19-5-9-22(29)10-6-19)15-21-13-18(7-11-24(21)36-28)8-12-25(33)32(17-26(34)35)16-20-3-2-4-23(30)27(20)31/h2-7,9-11,13H,8,12,14-17H2,1H3,(H,34,35)/t28-/m0/s1. The number of aliphatic carboxylic acids is 1. The molecule has 3 aromatic rings. The summed E-state index contributed by atoms with van der Waals surface area (Å²) in [6, 6.07) is 17.1. The lowest BCUT2D eigenvalue weighted by Gasteiger charge is -2.24. The summed E-state index contributed by atoms with van der Waals surface area (Å²) in [4.78, 5) is 25.1. The van der Waals surface area contributed by atoms with Crippen molar-refractivity contribution in [2.75, 3.05) is 6.54 Å². The van der Waals surface area contributed by atoms with Crippen molar-refractivity contribution in [1.82, 2.24) is 4.90 Å². The van der Waals surface area contributed by atoms with Crippen LogP contribution in [-0.2, 0) is 35.4 Å². The van der Waals surface area contributed by atoms with E-state index in [2.05, 4.69) is 6.92 Å². The fourth-order valence-electron chi connectivity index (χ4n) is 4.54. The van der Waals surface area contributed by atoms with Crippen LogP contribution in [0.5, 0.6) is 5.75 Å². The van der Waals surface area contributed by atoms with Crippen LogP contribution in [0.4, 0.5) is 8.78 Å². The van der Waals surface area contributed by atoms with Gasteiger partial charge in [-0.3, -0.25) is 9.59 Å². The number of ether oxygens (including phenoxy) is 1. The van der Waals surface area contributed by atoms with Crippen LogP contribution in [0, 0.1) is 11.6 Å². The number of aryl methyl sites for hydroxylation is 1. The number of hydrogen-bond donors (Lipinski definition) is 1. The molecule has 0 saturated carbocycles. The van der Waals surface area contributed by atoms with Gasteiger partial charge in [-0.2, -0.15) is 0 Å². The number of benzene rings is 3. The molecular weight excluding hydrogens is 488 g/mol. The molecule has 1 amide bonds. The summed E-state index contributed by atoms with van der Waals surface area (Å²) in [5.74, 6) is -3.00. The van der Waals surface area contributed by atoms with Crippen molar-refractivity contribution in [2.45, 2.75) is 44.8 Å². The zero-order valence-corrected chi connectivity index (χ0v) is 20.5. The molecule has 0 spiro atoms. The molecule has 0 bridgehead atoms. The van der Waals surface area contributed by atoms with Crippen molar-refractivity contribution in [2.24, 2.45) is 0 Å². The first-order valence-electron chi connectivity index (χ1n) is 11.6. The van der Waals surface area contributed by atoms with Gasteiger partial charge in [0.05, 0.1) is 0 Å². The quantitative estimate of drug-likeness (QED) is 0.404. The molecule has 188 valence electrons. The SMILES string of the molecule is C[C@]1(Cc2ccc(Cl)cc2)Cc2cc(CCC(=O)N(CC(=O)O)Cc3cccc(F)c3F)ccc2O1. The van der Waals surface area contributed by atoms with Gasteiger partial charge in [0.15, 0.2) is 11.6 Å². The van der Waals surface area contributed by atoms with Gasteiger partial charge in [0.1, 0.15) is 17.9 Å². The maximum absolute atomic E-state index is 14.1. The minimum atomic E-state index is -1.23. The first kappa shape index (κ1) is 25.6. The van der Waals surface area contributed by atoms with Crippen molar-refractivity contribution in [3.8, 4) is 5.75 Å². The van der Waals surface area contributed by atoms with E-state index in [1.54, 1.807) is 0 Å². The molecule has 1 N–H and O–H groups in total. The highest BCUT2D eigenvalue weighted by Crippen LogP contribution is 2.37. The summed E-state index contributed by atoms with van der Waals surface area (Å²) in [7, 11) is 0. The second kappa shape index (κ2) is 10.7. The Hall–Kier alpha value is -3.45. The van der Waals surface area contributed by atoms with E-state index in [4.69, 9.17) is 16.3 Å². The summed E-state index contributed by atoms with van der Waals surface area (Å²) in [6.07, 6.45) is 1.83. The molecule has 5 nitrogen and oxygen atoms in total. The van der Waals surface area contributed by atoms with Crippen molar-refractivity contribution in [3.63, 3.8) is 0 Å². The largest absolute Gasteiger partial charge is 0.487 e. The Kier molecular flexibility index (Phi) is 7.59. The zero-order chi connectivity index (χ0) is 25.9. The number of hydrogen-bond acceptors (Lipinski definition) is 3. The molecule has 0 fully saturated rings. The van der Waals surface area contributed by atoms with Gasteiger partial charge in [-0.25, -0.2) is 8.78 Å². The topological polar surface area (TPSA) is 66.8 Å². The lowest BCUT2D eigenvalue weighted by atomic mass is 9.91. The monoisotopic (exact) mass is 513 g/mol. The summed E-state index contributed by atoms with van der Waals surface area (Å²) < 4.78 is 33.9. The highest BCUT2D eigenvalue weighted by atomic mass is 35.5. The van der Waals surface area contributed by atoms with E-state index in [1.165, 1.54) is 12.1 Å². The van der Waals surface area contributed by atoms with E-state index in [9.17, 15) is 23.5 Å². The highest BCUT2D eigenvalue weighted by molar-refractivity contribution is 6.30. The molecule has 0 unspecified atom stereocenters. The number of carbonyl (C=O) groups is 2. The minimum Gasteiger partial charge on any atom is -0.487 e. The maximum Gasteiger partial charge on any atom is 0.323 e. The first-order chi connectivity index (χ1) is 17.1. The van der Waals surface area contributed by atoms with Gasteiger partial charge >= 0.3 is 5.97 Å². The number of carboxylic acid groups (broad SMARTS) is 1. The predicted octanol–water partition coefficient (Wildman–Crippen LogP) is 5.60. The Morgan fingerprint density at radius 2 is 1.81 bits per heavy atom. The van der Waals surface area contributed by atoms with Gasteiger partial charge in [0, 0.05) is 36.4 Å². The second-order valence-electron chi connectivity index (χ2n) is 9.33. The normalized spacial score (nSPS) is 16.3. The van der Waals surface area contributed by atoms with E-state index in [0.717, 1.165) is 33.4 Å². The molecule has 0 radical (unpaired) electrons. The molecule has 0 aromatic heterocycles. The van der Waals surface area contributed by atoms with Crippen LogP contribution in [0.3, 0.4) is 0 Å². The third kappa shape index (κ3) is 6.21. The predicted molar refractivity (Wildman–Crippen MR) is 132 cm³/mol. The molecule has 8 heteroatoms. The Morgan fingerprint density at radius 1 is 1.08 bits per heavy atom. The van der Waals surface area contributed by atoms with E-state index >= 15 is 0 Å². The number of nitrogens with zero attached hydrogens (tertiary/aromatic N) is 1. The number of amides is 1. The van der Waals surface area contributed by atoms with Crippen LogP contribution in [0.15, 0.2) is 60.7 Å². The first-order valence-corrected chi connectivity index (χ1v) is 12.0. The number of carbonyl (C=O) groups excluding carboxylic acids is 1. The van der Waals surface area contributed by atoms with Gasteiger partial charge in [-0.05, 0) is 54.3 Å². The Labute approximate surface area is 213 Å². The van der Waals surface area contributed by atoms with Crippen LogP contribution in [0.2, 0.25) is 5.02 Å². The number of halogens is 3. The minimum absolute atomic E-state index is 0.0336. The molecule has 1 heterocycles. The Morgan fingerprint density at radius 3 is 2.53 bits per heavy atom. The highest BCUT2D eigenvalue weighted by Gasteiger charge is 2.35. The van der Waals surface area contributed by atoms with Gasteiger partial charge in [-0.15, -0.1) is 0 Å². The zero-order valence-electron chi connectivity index (χ0n) is 19.8. The molecule has 1 aliphatic heterocycles. The lowest BCUT2D eigenvalue weighted by Crippen LogP contribution is -2.35. The van der Waals surface area contributed by atoms with Crippen LogP contribution < -0.4 is 4.74 Å². The molecule has 0 aliphatic carbocycles. The van der Waals surface area contributed by atoms with Crippen molar-refractivity contribution in [3.05, 3.63) is 99.6 Å². The third-order valence-electron chi connectivity index (χ3n) is 6.24. The fraction of sp³-hybridized carbons (Fsp3) is 0.286. The molecular formula is C28H26ClF2NO4. The molecule has 4 rings (SSSR count). The number of fused-ring (bicyclic) bond motifs is 1. The lowest BCUT2D eigenvalue weighted by molar-refractivity contribution is -0.144. The third-order valence-corrected chi connectivity index (χ3v) is 6.49. The summed E-state index contributed by atoms with van der Waals surface area (Å²) in [5.41, 5.74) is 2.60. The molecule has 36 heavy (non-hydrogen) atoms. The number of carboxylic acids is 1. The van der Waals surface area contributed by atoms with Gasteiger partial charge in [-0.1, -0.05) is 48.0 Å². The van der Waals surface area contributed by atoms with E-state index < -0.39 is 35.7 Å². The average Bonchev–Trinajstić information content (AvgIpc) is 3.16. The summed E-state index contributed by atoms with van der Waals surface area (Å²) in [5, 5.41) is 9.89. The summed E-state index contributed by atoms with van der Waals surface area (Å²) >= 11 is 5.98. The smallest absolute Gasteiger partial charge is 0.323 e. The van der Waals surface area contributed by atoms with Crippen molar-refractivity contribution >= 4 is 23.5 Å². The van der Waals surface area contributed by atoms with E-state index in [0.29, 0.717) is 24.3 Å². The van der Waals surface area contributed by atoms with Crippen LogP contribution in [0.1, 0.15) is 35.6 Å². The van der Waals surface area contributed by atoms with Crippen LogP contribution in [0.25, 0.3) is 0 Å². The van der Waals surface area contributed by atoms with Crippen LogP contribution >= 0.6 is 11.6 Å². The van der Waals surface area contributed by atoms with Gasteiger partial charge < -0.3 is 14.7 Å². The van der Waals surface area contributed by atoms with E-state index in [1.807, 2.05) is 42.5 Å². The Bertz CT molecular complexity index is 1280. The number of rotatable bonds is 9. The average molecular weight is 514 g/mol. The van der Waals surface area contributed by atoms with Crippen molar-refractivity contribution < 1.29 is 28.2 Å². The Balaban J connectivity index is 1.40. The van der Waals surface area contributed by atoms with E-state index in [-0.39, 0.29) is 18.5 Å². The van der Waals surface area contributed by atoms with Gasteiger partial charge in [0.2, 0.25) is 5.91 Å². The van der Waals surface area contributed by atoms with Crippen molar-refractivity contribution in [1.29, 1.82) is 0 Å².